The van der Waals surface area contributed by atoms with E-state index in [2.05, 4.69) is 62.3 Å². The molecule has 0 aliphatic carbocycles. The molecule has 0 radical (unpaired) electrons. The molecule has 4 aromatic heterocycles. The Bertz CT molecular complexity index is 2940. The van der Waals surface area contributed by atoms with Crippen LogP contribution in [0.2, 0.25) is 0 Å². The van der Waals surface area contributed by atoms with Crippen LogP contribution in [0.4, 0.5) is 17.2 Å². The number of aryl methyl sites for hydroxylation is 1. The van der Waals surface area contributed by atoms with Crippen LogP contribution in [-0.4, -0.2) is 172 Å². The average Bonchev–Trinajstić information content (AvgIpc) is 4.24. The van der Waals surface area contributed by atoms with Crippen molar-refractivity contribution in [1.82, 2.24) is 50.0 Å². The molecule has 4 aliphatic heterocycles. The number of carbonyl (C=O) groups excluding carboxylic acids is 2. The highest BCUT2D eigenvalue weighted by molar-refractivity contribution is 7.13. The van der Waals surface area contributed by atoms with Gasteiger partial charge in [-0.05, 0) is 68.0 Å². The van der Waals surface area contributed by atoms with Crippen molar-refractivity contribution in [3.63, 3.8) is 0 Å². The minimum atomic E-state index is -0.810. The number of anilines is 3. The predicted octanol–water partition coefficient (Wildman–Crippen LogP) is 5.70. The largest absolute Gasteiger partial charge is 0.489 e. The molecule has 4 saturated heterocycles. The zero-order chi connectivity index (χ0) is 53.6. The van der Waals surface area contributed by atoms with Crippen LogP contribution in [0.5, 0.6) is 17.4 Å². The smallest absolute Gasteiger partial charge is 0.248 e. The lowest BCUT2D eigenvalue weighted by Crippen LogP contribution is -2.54. The summed E-state index contributed by atoms with van der Waals surface area (Å²) in [6.07, 6.45) is 6.74. The highest BCUT2D eigenvalue weighted by atomic mass is 32.1. The number of nitrogens with two attached hydrogens (primary N) is 1. The zero-order valence-corrected chi connectivity index (χ0v) is 45.4. The Hall–Kier alpha value is -6.91. The molecule has 20 nitrogen and oxygen atoms in total. The molecule has 6 aromatic rings. The number of aromatic nitrogens is 6. The number of piperazine rings is 2. The number of likely N-dealkylation sites (tertiary alicyclic amines) is 1. The van der Waals surface area contributed by atoms with Gasteiger partial charge < -0.3 is 49.8 Å². The van der Waals surface area contributed by atoms with E-state index in [0.717, 1.165) is 104 Å². The molecule has 2 aromatic carbocycles. The first-order valence-electron chi connectivity index (χ1n) is 26.8. The highest BCUT2D eigenvalue weighted by Crippen LogP contribution is 2.40. The number of rotatable bonds is 21. The van der Waals surface area contributed by atoms with Gasteiger partial charge in [0, 0.05) is 108 Å². The summed E-state index contributed by atoms with van der Waals surface area (Å²) in [5.41, 5.74) is 14.8. The molecule has 4 fully saturated rings. The number of para-hydroxylation sites is 1. The highest BCUT2D eigenvalue weighted by Gasteiger charge is 2.44. The number of nitrogens with one attached hydrogen (secondary N) is 1. The van der Waals surface area contributed by atoms with Gasteiger partial charge in [-0.3, -0.25) is 24.1 Å². The number of nitrogen functional groups attached to an aromatic ring is 1. The Kier molecular flexibility index (Phi) is 16.8. The van der Waals surface area contributed by atoms with E-state index in [1.807, 2.05) is 94.0 Å². The molecule has 21 heteroatoms. The monoisotopic (exact) mass is 1070 g/mol. The van der Waals surface area contributed by atoms with E-state index in [4.69, 9.17) is 24.7 Å². The molecule has 3 unspecified atom stereocenters. The van der Waals surface area contributed by atoms with E-state index >= 15 is 0 Å². The molecule has 2 bridgehead atoms. The molecule has 0 spiro atoms. The Morgan fingerprint density at radius 1 is 0.883 bits per heavy atom. The third-order valence-corrected chi connectivity index (χ3v) is 16.3. The number of pyridine rings is 1. The maximum absolute atomic E-state index is 14.3. The lowest BCUT2D eigenvalue weighted by molar-refractivity contribution is -0.142. The van der Waals surface area contributed by atoms with Crippen molar-refractivity contribution in [3.8, 4) is 39.1 Å². The lowest BCUT2D eigenvalue weighted by atomic mass is 10.0. The summed E-state index contributed by atoms with van der Waals surface area (Å²) in [4.78, 5) is 49.3. The SMILES string of the molecule is COCOc1ccccc1-c1cc(N2CC3CCC(C2)N3c2ccnc(OCCN3CCN(CCOc4cnn(C(C(=O)N5C[C@H](O)C[C@H]5C(=O)N[C@@H](C)c5ccc(-c6scnc6C)cc5)C(C)C)c4)CC3)c2)c(N)nn1. The number of aliphatic hydroxyl groups excluding tert-OH is 1. The van der Waals surface area contributed by atoms with Crippen molar-refractivity contribution in [2.45, 2.75) is 83.3 Å². The Morgan fingerprint density at radius 3 is 2.31 bits per heavy atom. The third kappa shape index (κ3) is 12.3. The number of ether oxygens (including phenoxy) is 4. The topological polar surface area (TPSA) is 215 Å². The molecule has 4 aliphatic rings. The van der Waals surface area contributed by atoms with Crippen LogP contribution in [-0.2, 0) is 14.3 Å². The van der Waals surface area contributed by atoms with E-state index < -0.39 is 18.2 Å². The molecule has 8 heterocycles. The fourth-order valence-corrected chi connectivity index (χ4v) is 12.1. The summed E-state index contributed by atoms with van der Waals surface area (Å²) < 4.78 is 25.0. The fraction of sp³-hybridized carbons (Fsp3) is 0.482. The number of benzene rings is 2. The normalized spacial score (nSPS) is 20.6. The fourth-order valence-electron chi connectivity index (χ4n) is 11.3. The molecular formula is C56H71N13O7S. The van der Waals surface area contributed by atoms with Crippen LogP contribution in [0, 0.1) is 12.8 Å². The van der Waals surface area contributed by atoms with Crippen molar-refractivity contribution in [2.24, 2.45) is 5.92 Å². The maximum atomic E-state index is 14.3. The maximum Gasteiger partial charge on any atom is 0.248 e. The molecular weight excluding hydrogens is 999 g/mol. The molecule has 4 N–H and O–H groups in total. The van der Waals surface area contributed by atoms with Gasteiger partial charge in [0.2, 0.25) is 17.7 Å². The summed E-state index contributed by atoms with van der Waals surface area (Å²) in [6, 6.07) is 20.8. The average molecular weight is 1070 g/mol. The van der Waals surface area contributed by atoms with Crippen LogP contribution in [0.15, 0.2) is 90.8 Å². The third-order valence-electron chi connectivity index (χ3n) is 15.3. The summed E-state index contributed by atoms with van der Waals surface area (Å²) in [7, 11) is 1.60. The number of hydrogen-bond acceptors (Lipinski definition) is 18. The second-order valence-electron chi connectivity index (χ2n) is 20.8. The molecule has 2 amide bonds. The van der Waals surface area contributed by atoms with Gasteiger partial charge in [-0.2, -0.15) is 5.10 Å². The summed E-state index contributed by atoms with van der Waals surface area (Å²) in [6.45, 7) is 15.8. The molecule has 77 heavy (non-hydrogen) atoms. The molecule has 0 saturated carbocycles. The number of hydrogen-bond donors (Lipinski definition) is 3. The number of thiazole rings is 1. The van der Waals surface area contributed by atoms with Crippen LogP contribution in [0.25, 0.3) is 21.7 Å². The minimum Gasteiger partial charge on any atom is -0.489 e. The number of β-amino-alcohol motifs (C(OH)–C–C–N with tert-alkyl or cyclic N) is 1. The van der Waals surface area contributed by atoms with Gasteiger partial charge >= 0.3 is 0 Å². The molecule has 10 rings (SSSR count). The summed E-state index contributed by atoms with van der Waals surface area (Å²) in [5.74, 6) is 1.58. The van der Waals surface area contributed by atoms with Gasteiger partial charge in [0.25, 0.3) is 0 Å². The van der Waals surface area contributed by atoms with E-state index in [9.17, 15) is 14.7 Å². The summed E-state index contributed by atoms with van der Waals surface area (Å²) in [5, 5.41) is 27.2. The lowest BCUT2D eigenvalue weighted by Gasteiger charge is -2.43. The summed E-state index contributed by atoms with van der Waals surface area (Å²) >= 11 is 1.60. The second kappa shape index (κ2) is 24.2. The number of fused-ring (bicyclic) bond motifs is 2. The first-order valence-corrected chi connectivity index (χ1v) is 27.7. The molecule has 408 valence electrons. The van der Waals surface area contributed by atoms with Crippen molar-refractivity contribution < 1.29 is 33.6 Å². The minimum absolute atomic E-state index is 0.0732. The van der Waals surface area contributed by atoms with Crippen molar-refractivity contribution in [1.29, 1.82) is 0 Å². The Morgan fingerprint density at radius 2 is 1.61 bits per heavy atom. The number of methoxy groups -OCH3 is 1. The van der Waals surface area contributed by atoms with E-state index in [1.54, 1.807) is 35.5 Å². The van der Waals surface area contributed by atoms with Gasteiger partial charge in [-0.25, -0.2) is 9.97 Å². The van der Waals surface area contributed by atoms with Crippen LogP contribution >= 0.6 is 11.3 Å². The quantitative estimate of drug-likeness (QED) is 0.0737. The van der Waals surface area contributed by atoms with Gasteiger partial charge in [-0.15, -0.1) is 21.5 Å². The van der Waals surface area contributed by atoms with Crippen LogP contribution < -0.4 is 35.1 Å². The van der Waals surface area contributed by atoms with Gasteiger partial charge in [-0.1, -0.05) is 50.2 Å². The first kappa shape index (κ1) is 53.5. The van der Waals surface area contributed by atoms with E-state index in [0.29, 0.717) is 54.2 Å². The van der Waals surface area contributed by atoms with Crippen molar-refractivity contribution in [2.75, 3.05) is 102 Å². The predicted molar refractivity (Wildman–Crippen MR) is 295 cm³/mol. The number of aliphatic hydroxyl groups is 1. The van der Waals surface area contributed by atoms with Gasteiger partial charge in [0.05, 0.1) is 52.0 Å². The number of amides is 2. The number of carbonyl (C=O) groups is 2. The first-order chi connectivity index (χ1) is 37.4. The van der Waals surface area contributed by atoms with Gasteiger partial charge in [0.1, 0.15) is 31.0 Å². The van der Waals surface area contributed by atoms with E-state index in [1.165, 1.54) is 4.90 Å². The van der Waals surface area contributed by atoms with Crippen molar-refractivity contribution in [3.05, 3.63) is 102 Å². The zero-order valence-electron chi connectivity index (χ0n) is 44.6. The van der Waals surface area contributed by atoms with Gasteiger partial charge in [0.15, 0.2) is 18.4 Å². The standard InChI is InChI=1S/C56H71N13O7S/c1-36(2)52(56(72)67-32-44(70)27-49(67)55(71)61-37(3)39-10-12-40(13-11-39)53-38(4)59-34-77-53)68-33-45(29-60-68)74-24-22-64-18-20-65(21-19-64)23-25-75-51-26-41(16-17-58-51)69-42-14-15-43(69)31-66(30-42)48-28-47(62-63-54(48)57)46-8-6-7-9-50(46)76-35-73-5/h6-13,16-17,26,28-29,33-34,36-37,42-44,49,52,70H,14-15,18-25,27,30-32,35H2,1-5H3,(H2,57,63)(H,61,71)/t37-,42?,43?,44+,49-,52?/m0/s1. The van der Waals surface area contributed by atoms with E-state index in [-0.39, 0.29) is 43.5 Å². The Labute approximate surface area is 454 Å². The second-order valence-corrected chi connectivity index (χ2v) is 21.7. The van der Waals surface area contributed by atoms with Crippen molar-refractivity contribution >= 4 is 40.3 Å². The van der Waals surface area contributed by atoms with Crippen LogP contribution in [0.3, 0.4) is 0 Å². The van der Waals surface area contributed by atoms with Crippen LogP contribution in [0.1, 0.15) is 63.4 Å². The molecule has 6 atom stereocenters. The number of nitrogens with zero attached hydrogens (tertiary/aromatic N) is 11. The Balaban J connectivity index is 0.656.